The Kier molecular flexibility index (Phi) is 5.09. The van der Waals surface area contributed by atoms with Gasteiger partial charge in [-0.05, 0) is 19.8 Å². The zero-order valence-corrected chi connectivity index (χ0v) is 11.6. The molecule has 0 saturated heterocycles. The number of anilines is 1. The van der Waals surface area contributed by atoms with Gasteiger partial charge in [0.1, 0.15) is 0 Å². The predicted molar refractivity (Wildman–Crippen MR) is 71.8 cm³/mol. The summed E-state index contributed by atoms with van der Waals surface area (Å²) in [5.41, 5.74) is -0.386. The van der Waals surface area contributed by atoms with Crippen LogP contribution < -0.4 is 5.32 Å². The van der Waals surface area contributed by atoms with Gasteiger partial charge in [0.05, 0.1) is 17.3 Å². The maximum Gasteiger partial charge on any atom is 0.310 e. The first kappa shape index (κ1) is 15.2. The molecule has 2 N–H and O–H groups in total. The SMILES string of the molecule is CCn1cc(NC(=O)CC(CC)(CC)C(=O)O)cn1. The Balaban J connectivity index is 2.70. The van der Waals surface area contributed by atoms with Gasteiger partial charge in [0, 0.05) is 19.2 Å². The molecule has 1 heterocycles. The van der Waals surface area contributed by atoms with Gasteiger partial charge in [-0.2, -0.15) is 5.10 Å². The molecule has 19 heavy (non-hydrogen) atoms. The predicted octanol–water partition coefficient (Wildman–Crippen LogP) is 2.12. The van der Waals surface area contributed by atoms with Crippen LogP contribution >= 0.6 is 0 Å². The zero-order chi connectivity index (χ0) is 14.5. The highest BCUT2D eigenvalue weighted by molar-refractivity contribution is 5.94. The first-order chi connectivity index (χ1) is 8.97. The molecule has 1 rings (SSSR count). The first-order valence-electron chi connectivity index (χ1n) is 6.53. The van der Waals surface area contributed by atoms with Gasteiger partial charge < -0.3 is 10.4 Å². The molecular weight excluding hydrogens is 246 g/mol. The largest absolute Gasteiger partial charge is 0.481 e. The lowest BCUT2D eigenvalue weighted by Gasteiger charge is -2.25. The van der Waals surface area contributed by atoms with Crippen LogP contribution in [0.2, 0.25) is 0 Å². The number of aromatic nitrogens is 2. The summed E-state index contributed by atoms with van der Waals surface area (Å²) in [5, 5.41) is 16.0. The molecule has 0 aromatic carbocycles. The number of carboxylic acid groups (broad SMARTS) is 1. The minimum Gasteiger partial charge on any atom is -0.481 e. The van der Waals surface area contributed by atoms with E-state index >= 15 is 0 Å². The van der Waals surface area contributed by atoms with Crippen molar-refractivity contribution in [3.63, 3.8) is 0 Å². The van der Waals surface area contributed by atoms with Crippen molar-refractivity contribution in [1.29, 1.82) is 0 Å². The molecule has 6 heteroatoms. The summed E-state index contributed by atoms with van der Waals surface area (Å²) in [7, 11) is 0. The second-order valence-electron chi connectivity index (χ2n) is 4.60. The van der Waals surface area contributed by atoms with Crippen molar-refractivity contribution >= 4 is 17.6 Å². The number of rotatable bonds is 7. The van der Waals surface area contributed by atoms with Crippen LogP contribution in [0, 0.1) is 5.41 Å². The van der Waals surface area contributed by atoms with E-state index in [4.69, 9.17) is 0 Å². The Hall–Kier alpha value is -1.85. The monoisotopic (exact) mass is 267 g/mol. The second kappa shape index (κ2) is 6.36. The van der Waals surface area contributed by atoms with Gasteiger partial charge in [0.15, 0.2) is 0 Å². The van der Waals surface area contributed by atoms with Crippen LogP contribution in [0.4, 0.5) is 5.69 Å². The van der Waals surface area contributed by atoms with E-state index < -0.39 is 11.4 Å². The molecule has 0 radical (unpaired) electrons. The highest BCUT2D eigenvalue weighted by Gasteiger charge is 2.37. The summed E-state index contributed by atoms with van der Waals surface area (Å²) < 4.78 is 1.69. The molecule has 0 unspecified atom stereocenters. The molecule has 0 aliphatic carbocycles. The van der Waals surface area contributed by atoms with E-state index in [0.717, 1.165) is 6.54 Å². The molecule has 1 aromatic rings. The molecule has 106 valence electrons. The van der Waals surface area contributed by atoms with Crippen LogP contribution in [0.5, 0.6) is 0 Å². The van der Waals surface area contributed by atoms with E-state index in [-0.39, 0.29) is 12.3 Å². The lowest BCUT2D eigenvalue weighted by atomic mass is 9.79. The molecule has 0 saturated carbocycles. The van der Waals surface area contributed by atoms with E-state index in [2.05, 4.69) is 10.4 Å². The van der Waals surface area contributed by atoms with Crippen LogP contribution in [0.1, 0.15) is 40.0 Å². The summed E-state index contributed by atoms with van der Waals surface area (Å²) >= 11 is 0. The van der Waals surface area contributed by atoms with Crippen molar-refractivity contribution < 1.29 is 14.7 Å². The van der Waals surface area contributed by atoms with Crippen LogP contribution in [-0.2, 0) is 16.1 Å². The van der Waals surface area contributed by atoms with Crippen LogP contribution in [-0.4, -0.2) is 26.8 Å². The van der Waals surface area contributed by atoms with Gasteiger partial charge in [-0.25, -0.2) is 0 Å². The maximum absolute atomic E-state index is 11.9. The Morgan fingerprint density at radius 2 is 2.00 bits per heavy atom. The number of hydrogen-bond acceptors (Lipinski definition) is 3. The average Bonchev–Trinajstić information content (AvgIpc) is 2.83. The standard InChI is InChI=1S/C13H21N3O3/c1-4-13(5-2,12(18)19)7-11(17)15-10-8-14-16(6-3)9-10/h8-9H,4-7H2,1-3H3,(H,15,17)(H,18,19). The average molecular weight is 267 g/mol. The van der Waals surface area contributed by atoms with E-state index in [0.29, 0.717) is 18.5 Å². The van der Waals surface area contributed by atoms with Gasteiger partial charge in [0.25, 0.3) is 0 Å². The third-order valence-electron chi connectivity index (χ3n) is 3.55. The van der Waals surface area contributed by atoms with E-state index in [9.17, 15) is 14.7 Å². The highest BCUT2D eigenvalue weighted by atomic mass is 16.4. The van der Waals surface area contributed by atoms with Gasteiger partial charge in [-0.3, -0.25) is 14.3 Å². The smallest absolute Gasteiger partial charge is 0.310 e. The minimum absolute atomic E-state index is 0.0212. The Labute approximate surface area is 112 Å². The molecule has 1 aromatic heterocycles. The van der Waals surface area contributed by atoms with Crippen molar-refractivity contribution in [2.45, 2.75) is 46.6 Å². The molecule has 0 atom stereocenters. The summed E-state index contributed by atoms with van der Waals surface area (Å²) in [6, 6.07) is 0. The van der Waals surface area contributed by atoms with Gasteiger partial charge in [0.2, 0.25) is 5.91 Å². The summed E-state index contributed by atoms with van der Waals surface area (Å²) in [6.07, 6.45) is 4.12. The number of carbonyl (C=O) groups excluding carboxylic acids is 1. The van der Waals surface area contributed by atoms with Crippen LogP contribution in [0.3, 0.4) is 0 Å². The minimum atomic E-state index is -0.981. The number of carboxylic acids is 1. The van der Waals surface area contributed by atoms with Crippen molar-refractivity contribution in [2.75, 3.05) is 5.32 Å². The van der Waals surface area contributed by atoms with Gasteiger partial charge >= 0.3 is 5.97 Å². The van der Waals surface area contributed by atoms with E-state index in [1.807, 2.05) is 6.92 Å². The lowest BCUT2D eigenvalue weighted by Crippen LogP contribution is -2.34. The normalized spacial score (nSPS) is 11.3. The lowest BCUT2D eigenvalue weighted by molar-refractivity contribution is -0.151. The summed E-state index contributed by atoms with van der Waals surface area (Å²) in [4.78, 5) is 23.3. The summed E-state index contributed by atoms with van der Waals surface area (Å²) in [6.45, 7) is 6.25. The fourth-order valence-electron chi connectivity index (χ4n) is 1.99. The van der Waals surface area contributed by atoms with Crippen molar-refractivity contribution in [3.05, 3.63) is 12.4 Å². The number of hydrogen-bond donors (Lipinski definition) is 2. The Morgan fingerprint density at radius 1 is 1.37 bits per heavy atom. The van der Waals surface area contributed by atoms with Gasteiger partial charge in [-0.15, -0.1) is 0 Å². The Morgan fingerprint density at radius 3 is 2.42 bits per heavy atom. The molecular formula is C13H21N3O3. The number of aryl methyl sites for hydroxylation is 1. The number of nitrogens with one attached hydrogen (secondary N) is 1. The maximum atomic E-state index is 11.9. The highest BCUT2D eigenvalue weighted by Crippen LogP contribution is 2.31. The van der Waals surface area contributed by atoms with Crippen molar-refractivity contribution in [1.82, 2.24) is 9.78 Å². The fourth-order valence-corrected chi connectivity index (χ4v) is 1.99. The second-order valence-corrected chi connectivity index (χ2v) is 4.60. The van der Waals surface area contributed by atoms with Crippen molar-refractivity contribution in [3.8, 4) is 0 Å². The molecule has 0 bridgehead atoms. The van der Waals surface area contributed by atoms with Crippen molar-refractivity contribution in [2.24, 2.45) is 5.41 Å². The molecule has 1 amide bonds. The molecule has 0 aliphatic rings. The number of aliphatic carboxylic acids is 1. The topological polar surface area (TPSA) is 84.2 Å². The van der Waals surface area contributed by atoms with Crippen LogP contribution in [0.15, 0.2) is 12.4 Å². The number of carbonyl (C=O) groups is 2. The van der Waals surface area contributed by atoms with E-state index in [1.54, 1.807) is 30.9 Å². The third kappa shape index (κ3) is 3.56. The quantitative estimate of drug-likeness (QED) is 0.792. The van der Waals surface area contributed by atoms with Gasteiger partial charge in [-0.1, -0.05) is 13.8 Å². The first-order valence-corrected chi connectivity index (χ1v) is 6.53. The number of nitrogens with zero attached hydrogens (tertiary/aromatic N) is 2. The number of amides is 1. The third-order valence-corrected chi connectivity index (χ3v) is 3.55. The molecule has 6 nitrogen and oxygen atoms in total. The Bertz CT molecular complexity index is 450. The van der Waals surface area contributed by atoms with E-state index in [1.165, 1.54) is 0 Å². The molecule has 0 fully saturated rings. The molecule has 0 spiro atoms. The summed E-state index contributed by atoms with van der Waals surface area (Å²) in [5.74, 6) is -1.21. The zero-order valence-electron chi connectivity index (χ0n) is 11.6. The fraction of sp³-hybridized carbons (Fsp3) is 0.615. The molecule has 0 aliphatic heterocycles. The van der Waals surface area contributed by atoms with Crippen LogP contribution in [0.25, 0.3) is 0 Å².